The molecule has 0 aliphatic carbocycles. The predicted molar refractivity (Wildman–Crippen MR) is 66.3 cm³/mol. The van der Waals surface area contributed by atoms with Crippen LogP contribution in [0.2, 0.25) is 0 Å². The van der Waals surface area contributed by atoms with Gasteiger partial charge in [-0.05, 0) is 23.8 Å². The van der Waals surface area contributed by atoms with Gasteiger partial charge in [-0.1, -0.05) is 31.9 Å². The van der Waals surface area contributed by atoms with E-state index >= 15 is 0 Å². The Morgan fingerprint density at radius 3 is 1.45 bits per heavy atom. The van der Waals surface area contributed by atoms with E-state index < -0.39 is 35.9 Å². The maximum Gasteiger partial charge on any atom is 0.457 e. The summed E-state index contributed by atoms with van der Waals surface area (Å²) in [5.74, 6) is -6.24. The normalized spacial score (nSPS) is 16.5. The molecule has 0 aliphatic heterocycles. The number of rotatable bonds is 3. The molecule has 1 atom stereocenters. The minimum Gasteiger partial charge on any atom is -0.231 e. The first-order chi connectivity index (χ1) is 9.60. The monoisotopic (exact) mass is 466 g/mol. The van der Waals surface area contributed by atoms with Gasteiger partial charge in [0, 0.05) is 8.95 Å². The van der Waals surface area contributed by atoms with Gasteiger partial charge in [0.1, 0.15) is 0 Å². The highest BCUT2D eigenvalue weighted by Gasteiger charge is 2.73. The number of halogens is 11. The molecule has 0 spiro atoms. The Bertz CT molecular complexity index is 529. The highest BCUT2D eigenvalue weighted by Crippen LogP contribution is 2.55. The first-order valence-corrected chi connectivity index (χ1v) is 6.85. The Balaban J connectivity index is 3.60. The molecule has 0 saturated carbocycles. The minimum absolute atomic E-state index is 0.168. The van der Waals surface area contributed by atoms with Crippen LogP contribution in [0.1, 0.15) is 12.0 Å². The molecule has 0 heterocycles. The van der Waals surface area contributed by atoms with Gasteiger partial charge in [-0.15, -0.1) is 0 Å². The number of alkyl halides is 9. The molecule has 1 rings (SSSR count). The van der Waals surface area contributed by atoms with Crippen LogP contribution in [0, 0.1) is 0 Å². The van der Waals surface area contributed by atoms with Gasteiger partial charge in [-0.3, -0.25) is 0 Å². The molecule has 0 fully saturated rings. The summed E-state index contributed by atoms with van der Waals surface area (Å²) in [5.41, 5.74) is -6.45. The van der Waals surface area contributed by atoms with E-state index in [-0.39, 0.29) is 8.95 Å². The van der Waals surface area contributed by atoms with Crippen molar-refractivity contribution in [3.8, 4) is 0 Å². The molecule has 0 radical (unpaired) electrons. The van der Waals surface area contributed by atoms with Crippen LogP contribution in [0.5, 0.6) is 0 Å². The summed E-state index contributed by atoms with van der Waals surface area (Å²) in [5, 5.41) is 0. The van der Waals surface area contributed by atoms with Crippen LogP contribution in [0.4, 0.5) is 39.5 Å². The lowest BCUT2D eigenvalue weighted by Crippen LogP contribution is -2.54. The first kappa shape index (κ1) is 19.6. The van der Waals surface area contributed by atoms with Crippen LogP contribution in [-0.4, -0.2) is 18.3 Å². The van der Waals surface area contributed by atoms with Crippen molar-refractivity contribution in [1.82, 2.24) is 0 Å². The van der Waals surface area contributed by atoms with Crippen LogP contribution in [0.15, 0.2) is 27.1 Å². The second-order valence-electron chi connectivity index (χ2n) is 4.32. The van der Waals surface area contributed by atoms with Gasteiger partial charge < -0.3 is 0 Å². The zero-order chi connectivity index (χ0) is 17.6. The smallest absolute Gasteiger partial charge is 0.231 e. The second kappa shape index (κ2) is 5.88. The molecular weight excluding hydrogens is 463 g/mol. The molecule has 0 aliphatic rings. The molecule has 126 valence electrons. The first-order valence-electron chi connectivity index (χ1n) is 5.27. The number of benzene rings is 1. The van der Waals surface area contributed by atoms with Crippen molar-refractivity contribution < 1.29 is 39.5 Å². The SMILES string of the molecule is FC(F)(F)CC(F)(c1cc(Br)cc(Br)c1)C(F)(F)C(F)(F)F. The minimum atomic E-state index is -6.50. The number of hydrogen-bond donors (Lipinski definition) is 0. The Morgan fingerprint density at radius 2 is 1.14 bits per heavy atom. The quantitative estimate of drug-likeness (QED) is 0.443. The van der Waals surface area contributed by atoms with Crippen LogP contribution < -0.4 is 0 Å². The van der Waals surface area contributed by atoms with Crippen molar-refractivity contribution in [1.29, 1.82) is 0 Å². The van der Waals surface area contributed by atoms with E-state index in [9.17, 15) is 39.5 Å². The third-order valence-corrected chi connectivity index (χ3v) is 3.53. The van der Waals surface area contributed by atoms with Gasteiger partial charge in [-0.2, -0.15) is 35.1 Å². The van der Waals surface area contributed by atoms with Crippen molar-refractivity contribution in [3.63, 3.8) is 0 Å². The summed E-state index contributed by atoms with van der Waals surface area (Å²) in [4.78, 5) is 0. The van der Waals surface area contributed by atoms with Crippen LogP contribution >= 0.6 is 31.9 Å². The molecule has 0 bridgehead atoms. The Hall–Kier alpha value is -0.450. The average Bonchev–Trinajstić information content (AvgIpc) is 2.23. The molecule has 0 saturated heterocycles. The van der Waals surface area contributed by atoms with Crippen LogP contribution in [-0.2, 0) is 5.67 Å². The van der Waals surface area contributed by atoms with E-state index in [1.54, 1.807) is 0 Å². The summed E-state index contributed by atoms with van der Waals surface area (Å²) >= 11 is 5.40. The molecule has 1 aromatic rings. The van der Waals surface area contributed by atoms with E-state index in [4.69, 9.17) is 0 Å². The molecular formula is C11H5Br2F9. The van der Waals surface area contributed by atoms with E-state index in [0.29, 0.717) is 12.1 Å². The van der Waals surface area contributed by atoms with Crippen molar-refractivity contribution in [2.45, 2.75) is 30.4 Å². The summed E-state index contributed by atoms with van der Waals surface area (Å²) in [6.45, 7) is 0. The molecule has 0 amide bonds. The molecule has 0 N–H and O–H groups in total. The predicted octanol–water partition coefficient (Wildman–Crippen LogP) is 6.53. The highest BCUT2D eigenvalue weighted by atomic mass is 79.9. The Morgan fingerprint density at radius 1 is 0.727 bits per heavy atom. The summed E-state index contributed by atoms with van der Waals surface area (Å²) in [6.07, 6.45) is -15.1. The highest BCUT2D eigenvalue weighted by molar-refractivity contribution is 9.11. The topological polar surface area (TPSA) is 0 Å². The van der Waals surface area contributed by atoms with E-state index in [2.05, 4.69) is 31.9 Å². The van der Waals surface area contributed by atoms with Gasteiger partial charge in [0.2, 0.25) is 5.67 Å². The van der Waals surface area contributed by atoms with Gasteiger partial charge in [0.05, 0.1) is 6.42 Å². The fourth-order valence-corrected chi connectivity index (χ4v) is 2.97. The molecule has 0 aromatic heterocycles. The third kappa shape index (κ3) is 3.90. The zero-order valence-corrected chi connectivity index (χ0v) is 13.3. The molecule has 1 unspecified atom stereocenters. The third-order valence-electron chi connectivity index (χ3n) is 2.62. The van der Waals surface area contributed by atoms with Gasteiger partial charge in [-0.25, -0.2) is 4.39 Å². The van der Waals surface area contributed by atoms with Crippen LogP contribution in [0.25, 0.3) is 0 Å². The largest absolute Gasteiger partial charge is 0.457 e. The van der Waals surface area contributed by atoms with Gasteiger partial charge in [0.25, 0.3) is 0 Å². The van der Waals surface area contributed by atoms with Crippen molar-refractivity contribution in [2.24, 2.45) is 0 Å². The fraction of sp³-hybridized carbons (Fsp3) is 0.455. The van der Waals surface area contributed by atoms with Gasteiger partial charge >= 0.3 is 18.3 Å². The van der Waals surface area contributed by atoms with E-state index in [0.717, 1.165) is 6.07 Å². The summed E-state index contributed by atoms with van der Waals surface area (Å²) < 4.78 is 115. The summed E-state index contributed by atoms with van der Waals surface area (Å²) in [6, 6.07) is 2.02. The van der Waals surface area contributed by atoms with Crippen molar-refractivity contribution in [2.75, 3.05) is 0 Å². The van der Waals surface area contributed by atoms with Crippen molar-refractivity contribution in [3.05, 3.63) is 32.7 Å². The lowest BCUT2D eigenvalue weighted by molar-refractivity contribution is -0.343. The average molecular weight is 468 g/mol. The molecule has 11 heteroatoms. The Labute approximate surface area is 134 Å². The molecule has 22 heavy (non-hydrogen) atoms. The zero-order valence-electron chi connectivity index (χ0n) is 10.1. The fourth-order valence-electron chi connectivity index (χ4n) is 1.68. The molecule has 0 nitrogen and oxygen atoms in total. The van der Waals surface area contributed by atoms with E-state index in [1.165, 1.54) is 0 Å². The molecule has 1 aromatic carbocycles. The van der Waals surface area contributed by atoms with Gasteiger partial charge in [0.15, 0.2) is 0 Å². The maximum absolute atomic E-state index is 14.4. The Kier molecular flexibility index (Phi) is 5.24. The number of hydrogen-bond acceptors (Lipinski definition) is 0. The second-order valence-corrected chi connectivity index (χ2v) is 6.15. The lowest BCUT2D eigenvalue weighted by atomic mass is 9.85. The van der Waals surface area contributed by atoms with Crippen molar-refractivity contribution >= 4 is 31.9 Å². The maximum atomic E-state index is 14.4. The van der Waals surface area contributed by atoms with Crippen LogP contribution in [0.3, 0.4) is 0 Å². The van der Waals surface area contributed by atoms with E-state index in [1.807, 2.05) is 0 Å². The standard InChI is InChI=1S/C11H5Br2F9/c12-6-1-5(2-7(13)3-6)8(14,4-9(15,16)17)10(18,19)11(20,21)22/h1-3H,4H2. The summed E-state index contributed by atoms with van der Waals surface area (Å²) in [7, 11) is 0. The lowest BCUT2D eigenvalue weighted by Gasteiger charge is -2.35.